The fourth-order valence-electron chi connectivity index (χ4n) is 2.06. The quantitative estimate of drug-likeness (QED) is 0.848. The molecule has 5 heteroatoms. The van der Waals surface area contributed by atoms with Gasteiger partial charge in [0.1, 0.15) is 17.5 Å². The number of hydrogen-bond acceptors (Lipinski definition) is 4. The van der Waals surface area contributed by atoms with E-state index in [1.165, 1.54) is 0 Å². The molecule has 0 bridgehead atoms. The Morgan fingerprint density at radius 1 is 1.38 bits per heavy atom. The molecule has 0 aliphatic rings. The number of rotatable bonds is 7. The van der Waals surface area contributed by atoms with E-state index in [1.807, 2.05) is 48.3 Å². The highest BCUT2D eigenvalue weighted by molar-refractivity contribution is 5.72. The Bertz CT molecular complexity index is 580. The molecule has 0 fully saturated rings. The second-order valence-electron chi connectivity index (χ2n) is 5.14. The van der Waals surface area contributed by atoms with Crippen LogP contribution in [-0.2, 0) is 11.2 Å². The smallest absolute Gasteiger partial charge is 0.320 e. The first-order chi connectivity index (χ1) is 10.1. The van der Waals surface area contributed by atoms with Gasteiger partial charge in [-0.25, -0.2) is 0 Å². The number of aryl methyl sites for hydroxylation is 1. The van der Waals surface area contributed by atoms with E-state index in [1.54, 1.807) is 6.92 Å². The van der Waals surface area contributed by atoms with E-state index in [0.29, 0.717) is 6.54 Å². The molecule has 1 unspecified atom stereocenters. The molecule has 112 valence electrons. The predicted molar refractivity (Wildman–Crippen MR) is 80.0 cm³/mol. The highest BCUT2D eigenvalue weighted by Gasteiger charge is 2.16. The SMILES string of the molecule is CC(C(=O)O)N(C)CCCc1cc(-c2ccccc2)no1. The van der Waals surface area contributed by atoms with Crippen molar-refractivity contribution < 1.29 is 14.4 Å². The molecule has 1 N–H and O–H groups in total. The Morgan fingerprint density at radius 2 is 2.10 bits per heavy atom. The standard InChI is InChI=1S/C16H20N2O3/c1-12(16(19)20)18(2)10-6-9-14-11-15(17-21-14)13-7-4-3-5-8-13/h3-5,7-8,11-12H,6,9-10H2,1-2H3,(H,19,20). The summed E-state index contributed by atoms with van der Waals surface area (Å²) in [6.07, 6.45) is 1.58. The number of carboxylic acid groups (broad SMARTS) is 1. The number of carbonyl (C=O) groups is 1. The number of likely N-dealkylation sites (N-methyl/N-ethyl adjacent to an activating group) is 1. The summed E-state index contributed by atoms with van der Waals surface area (Å²) < 4.78 is 5.32. The van der Waals surface area contributed by atoms with E-state index in [0.717, 1.165) is 29.9 Å². The topological polar surface area (TPSA) is 66.6 Å². The number of aliphatic carboxylic acids is 1. The van der Waals surface area contributed by atoms with Crippen LogP contribution in [-0.4, -0.2) is 40.8 Å². The first kappa shape index (κ1) is 15.3. The first-order valence-corrected chi connectivity index (χ1v) is 7.02. The van der Waals surface area contributed by atoms with Gasteiger partial charge in [-0.2, -0.15) is 0 Å². The molecule has 0 aliphatic heterocycles. The molecule has 2 rings (SSSR count). The summed E-state index contributed by atoms with van der Waals surface area (Å²) in [6.45, 7) is 2.39. The van der Waals surface area contributed by atoms with Crippen LogP contribution in [0.5, 0.6) is 0 Å². The molecule has 0 amide bonds. The lowest BCUT2D eigenvalue weighted by Gasteiger charge is -2.20. The molecule has 0 spiro atoms. The molecule has 2 aromatic rings. The normalized spacial score (nSPS) is 12.5. The van der Waals surface area contributed by atoms with E-state index in [4.69, 9.17) is 9.63 Å². The van der Waals surface area contributed by atoms with Crippen LogP contribution in [0.2, 0.25) is 0 Å². The van der Waals surface area contributed by atoms with Crippen LogP contribution in [0.4, 0.5) is 0 Å². The van der Waals surface area contributed by atoms with Crippen LogP contribution in [0.25, 0.3) is 11.3 Å². The summed E-state index contributed by atoms with van der Waals surface area (Å²) in [5.74, 6) is 0.0220. The third kappa shape index (κ3) is 4.16. The molecule has 1 heterocycles. The van der Waals surface area contributed by atoms with Gasteiger partial charge in [-0.1, -0.05) is 35.5 Å². The second kappa shape index (κ2) is 7.04. The van der Waals surface area contributed by atoms with E-state index in [-0.39, 0.29) is 0 Å². The Labute approximate surface area is 124 Å². The first-order valence-electron chi connectivity index (χ1n) is 7.02. The lowest BCUT2D eigenvalue weighted by atomic mass is 10.1. The zero-order chi connectivity index (χ0) is 15.2. The Hall–Kier alpha value is -2.14. The third-order valence-corrected chi connectivity index (χ3v) is 3.58. The number of carboxylic acids is 1. The molecular weight excluding hydrogens is 268 g/mol. The molecular formula is C16H20N2O3. The van der Waals surface area contributed by atoms with Gasteiger partial charge in [0.05, 0.1) is 0 Å². The molecule has 1 aromatic carbocycles. The van der Waals surface area contributed by atoms with Crippen molar-refractivity contribution in [3.63, 3.8) is 0 Å². The highest BCUT2D eigenvalue weighted by atomic mass is 16.5. The number of hydrogen-bond donors (Lipinski definition) is 1. The van der Waals surface area contributed by atoms with Crippen molar-refractivity contribution in [2.45, 2.75) is 25.8 Å². The Kier molecular flexibility index (Phi) is 5.11. The minimum atomic E-state index is -0.802. The average molecular weight is 288 g/mol. The molecule has 0 saturated heterocycles. The van der Waals surface area contributed by atoms with Crippen molar-refractivity contribution in [2.24, 2.45) is 0 Å². The van der Waals surface area contributed by atoms with Gasteiger partial charge in [-0.05, 0) is 26.9 Å². The van der Waals surface area contributed by atoms with Gasteiger partial charge in [0.2, 0.25) is 0 Å². The molecule has 1 aromatic heterocycles. The van der Waals surface area contributed by atoms with Crippen molar-refractivity contribution in [3.05, 3.63) is 42.2 Å². The van der Waals surface area contributed by atoms with Crippen LogP contribution in [0.15, 0.2) is 40.9 Å². The summed E-state index contributed by atoms with van der Waals surface area (Å²) in [5.41, 5.74) is 1.86. The molecule has 1 atom stereocenters. The Balaban J connectivity index is 1.85. The van der Waals surface area contributed by atoms with Crippen LogP contribution in [0, 0.1) is 0 Å². The second-order valence-corrected chi connectivity index (χ2v) is 5.14. The van der Waals surface area contributed by atoms with Gasteiger partial charge in [-0.15, -0.1) is 0 Å². The van der Waals surface area contributed by atoms with Crippen molar-refractivity contribution >= 4 is 5.97 Å². The molecule has 0 saturated carbocycles. The number of aromatic nitrogens is 1. The highest BCUT2D eigenvalue weighted by Crippen LogP contribution is 2.19. The maximum absolute atomic E-state index is 10.9. The maximum atomic E-state index is 10.9. The van der Waals surface area contributed by atoms with E-state index >= 15 is 0 Å². The van der Waals surface area contributed by atoms with Gasteiger partial charge in [0.25, 0.3) is 0 Å². The lowest BCUT2D eigenvalue weighted by molar-refractivity contribution is -0.142. The number of nitrogens with zero attached hydrogens (tertiary/aromatic N) is 2. The number of benzene rings is 1. The van der Waals surface area contributed by atoms with Gasteiger partial charge in [0.15, 0.2) is 0 Å². The van der Waals surface area contributed by atoms with E-state index in [2.05, 4.69) is 5.16 Å². The van der Waals surface area contributed by atoms with Gasteiger partial charge < -0.3 is 9.63 Å². The van der Waals surface area contributed by atoms with Crippen LogP contribution >= 0.6 is 0 Å². The minimum Gasteiger partial charge on any atom is -0.480 e. The molecule has 0 radical (unpaired) electrons. The van der Waals surface area contributed by atoms with Crippen LogP contribution < -0.4 is 0 Å². The molecule has 21 heavy (non-hydrogen) atoms. The summed E-state index contributed by atoms with van der Waals surface area (Å²) in [6, 6.07) is 11.3. The summed E-state index contributed by atoms with van der Waals surface area (Å²) in [5, 5.41) is 13.0. The minimum absolute atomic E-state index is 0.473. The lowest BCUT2D eigenvalue weighted by Crippen LogP contribution is -2.36. The van der Waals surface area contributed by atoms with Crippen LogP contribution in [0.3, 0.4) is 0 Å². The largest absolute Gasteiger partial charge is 0.480 e. The maximum Gasteiger partial charge on any atom is 0.320 e. The predicted octanol–water partition coefficient (Wildman–Crippen LogP) is 2.68. The zero-order valence-corrected chi connectivity index (χ0v) is 12.3. The Morgan fingerprint density at radius 3 is 2.76 bits per heavy atom. The van der Waals surface area contributed by atoms with Crippen molar-refractivity contribution in [3.8, 4) is 11.3 Å². The van der Waals surface area contributed by atoms with Crippen LogP contribution in [0.1, 0.15) is 19.1 Å². The molecule has 0 aliphatic carbocycles. The van der Waals surface area contributed by atoms with Crippen molar-refractivity contribution in [1.82, 2.24) is 10.1 Å². The third-order valence-electron chi connectivity index (χ3n) is 3.58. The zero-order valence-electron chi connectivity index (χ0n) is 12.3. The average Bonchev–Trinajstić information content (AvgIpc) is 2.96. The monoisotopic (exact) mass is 288 g/mol. The fraction of sp³-hybridized carbons (Fsp3) is 0.375. The van der Waals surface area contributed by atoms with E-state index in [9.17, 15) is 4.79 Å². The molecule has 5 nitrogen and oxygen atoms in total. The summed E-state index contributed by atoms with van der Waals surface area (Å²) >= 11 is 0. The fourth-order valence-corrected chi connectivity index (χ4v) is 2.06. The van der Waals surface area contributed by atoms with Gasteiger partial charge >= 0.3 is 5.97 Å². The van der Waals surface area contributed by atoms with Gasteiger partial charge in [0, 0.05) is 18.1 Å². The van der Waals surface area contributed by atoms with Crippen molar-refractivity contribution in [2.75, 3.05) is 13.6 Å². The van der Waals surface area contributed by atoms with Gasteiger partial charge in [-0.3, -0.25) is 9.69 Å². The van der Waals surface area contributed by atoms with Crippen molar-refractivity contribution in [1.29, 1.82) is 0 Å². The summed E-state index contributed by atoms with van der Waals surface area (Å²) in [4.78, 5) is 12.7. The van der Waals surface area contributed by atoms with E-state index < -0.39 is 12.0 Å². The summed E-state index contributed by atoms with van der Waals surface area (Å²) in [7, 11) is 1.81.